The van der Waals surface area contributed by atoms with Crippen LogP contribution in [0, 0.1) is 13.8 Å². The van der Waals surface area contributed by atoms with E-state index in [1.807, 2.05) is 38.1 Å². The third-order valence-electron chi connectivity index (χ3n) is 4.58. The molecule has 0 saturated heterocycles. The van der Waals surface area contributed by atoms with Crippen LogP contribution >= 0.6 is 0 Å². The van der Waals surface area contributed by atoms with Crippen molar-refractivity contribution in [2.75, 3.05) is 6.54 Å². The van der Waals surface area contributed by atoms with E-state index < -0.39 is 11.9 Å². The Bertz CT molecular complexity index is 1140. The van der Waals surface area contributed by atoms with Gasteiger partial charge in [0.15, 0.2) is 0 Å². The quantitative estimate of drug-likeness (QED) is 0.260. The summed E-state index contributed by atoms with van der Waals surface area (Å²) in [4.78, 5) is 36.1. The predicted molar refractivity (Wildman–Crippen MR) is 122 cm³/mol. The molecule has 0 aliphatic carbocycles. The Hall–Kier alpha value is -4.26. The Morgan fingerprint density at radius 2 is 1.59 bits per heavy atom. The van der Waals surface area contributed by atoms with E-state index in [0.717, 1.165) is 11.1 Å². The third-order valence-corrected chi connectivity index (χ3v) is 4.58. The highest BCUT2D eigenvalue weighted by atomic mass is 16.5. The monoisotopic (exact) mass is 429 g/mol. The maximum absolute atomic E-state index is 12.3. The zero-order valence-corrected chi connectivity index (χ0v) is 17.8. The van der Waals surface area contributed by atoms with Crippen LogP contribution < -0.4 is 15.5 Å². The van der Waals surface area contributed by atoms with Crippen molar-refractivity contribution in [2.45, 2.75) is 13.8 Å². The fourth-order valence-corrected chi connectivity index (χ4v) is 2.77. The lowest BCUT2D eigenvalue weighted by Crippen LogP contribution is -2.34. The highest BCUT2D eigenvalue weighted by molar-refractivity contribution is 5.96. The molecule has 3 aromatic carbocycles. The minimum Gasteiger partial charge on any atom is -0.423 e. The number of nitrogens with zero attached hydrogens (tertiary/aromatic N) is 1. The summed E-state index contributed by atoms with van der Waals surface area (Å²) < 4.78 is 5.38. The van der Waals surface area contributed by atoms with Gasteiger partial charge in [-0.05, 0) is 67.4 Å². The molecule has 0 radical (unpaired) electrons. The lowest BCUT2D eigenvalue weighted by Gasteiger charge is -2.06. The number of amides is 2. The molecule has 0 fully saturated rings. The van der Waals surface area contributed by atoms with E-state index in [1.54, 1.807) is 48.5 Å². The summed E-state index contributed by atoms with van der Waals surface area (Å²) in [6.07, 6.45) is 1.45. The van der Waals surface area contributed by atoms with Crippen molar-refractivity contribution in [1.29, 1.82) is 0 Å². The van der Waals surface area contributed by atoms with E-state index in [0.29, 0.717) is 22.4 Å². The highest BCUT2D eigenvalue weighted by Crippen LogP contribution is 2.15. The van der Waals surface area contributed by atoms with Crippen LogP contribution in [-0.2, 0) is 4.79 Å². The molecular formula is C25H23N3O4. The first kappa shape index (κ1) is 22.4. The Morgan fingerprint density at radius 1 is 0.906 bits per heavy atom. The number of carbonyl (C=O) groups is 3. The van der Waals surface area contributed by atoms with Crippen molar-refractivity contribution in [3.05, 3.63) is 101 Å². The summed E-state index contributed by atoms with van der Waals surface area (Å²) in [5.41, 5.74) is 5.93. The largest absolute Gasteiger partial charge is 0.423 e. The minimum absolute atomic E-state index is 0.197. The van der Waals surface area contributed by atoms with Gasteiger partial charge in [0.2, 0.25) is 0 Å². The van der Waals surface area contributed by atoms with Gasteiger partial charge >= 0.3 is 5.97 Å². The average molecular weight is 429 g/mol. The molecule has 0 heterocycles. The molecule has 0 saturated carbocycles. The molecule has 2 amide bonds. The van der Waals surface area contributed by atoms with Crippen LogP contribution in [0.5, 0.6) is 5.75 Å². The van der Waals surface area contributed by atoms with E-state index in [2.05, 4.69) is 15.8 Å². The first-order chi connectivity index (χ1) is 15.4. The predicted octanol–water partition coefficient (Wildman–Crippen LogP) is 3.40. The first-order valence-electron chi connectivity index (χ1n) is 9.97. The van der Waals surface area contributed by atoms with Crippen molar-refractivity contribution in [3.8, 4) is 5.75 Å². The summed E-state index contributed by atoms with van der Waals surface area (Å²) >= 11 is 0. The van der Waals surface area contributed by atoms with Crippen LogP contribution in [0.1, 0.15) is 37.4 Å². The van der Waals surface area contributed by atoms with Crippen molar-refractivity contribution in [2.24, 2.45) is 5.10 Å². The molecule has 0 atom stereocenters. The molecule has 7 nitrogen and oxygen atoms in total. The molecule has 162 valence electrons. The Morgan fingerprint density at radius 3 is 2.28 bits per heavy atom. The molecule has 0 aliphatic rings. The van der Waals surface area contributed by atoms with Crippen LogP contribution in [0.3, 0.4) is 0 Å². The number of nitrogens with one attached hydrogen (secondary N) is 2. The number of benzene rings is 3. The van der Waals surface area contributed by atoms with Crippen LogP contribution in [0.2, 0.25) is 0 Å². The van der Waals surface area contributed by atoms with Crippen molar-refractivity contribution < 1.29 is 19.1 Å². The molecule has 0 aliphatic heterocycles. The van der Waals surface area contributed by atoms with Crippen LogP contribution in [0.15, 0.2) is 77.9 Å². The molecule has 3 rings (SSSR count). The van der Waals surface area contributed by atoms with Gasteiger partial charge in [-0.15, -0.1) is 0 Å². The summed E-state index contributed by atoms with van der Waals surface area (Å²) in [7, 11) is 0. The zero-order valence-electron chi connectivity index (χ0n) is 17.8. The van der Waals surface area contributed by atoms with Crippen LogP contribution in [0.4, 0.5) is 0 Å². The number of esters is 1. The third kappa shape index (κ3) is 6.37. The van der Waals surface area contributed by atoms with Crippen LogP contribution in [0.25, 0.3) is 0 Å². The lowest BCUT2D eigenvalue weighted by atomic mass is 10.1. The number of hydrogen-bond donors (Lipinski definition) is 2. The van der Waals surface area contributed by atoms with Gasteiger partial charge in [0.1, 0.15) is 5.75 Å². The molecule has 0 aromatic heterocycles. The standard InChI is InChI=1S/C25H23N3O4/c1-17-7-11-20(12-8-17)24(30)26-16-23(29)28-27-15-19-9-13-21(14-10-19)32-25(31)22-6-4-3-5-18(22)2/h3-15H,16H2,1-2H3,(H,26,30)(H,28,29)/b27-15-. The van der Waals surface area contributed by atoms with Gasteiger partial charge < -0.3 is 10.1 Å². The number of rotatable bonds is 7. The summed E-state index contributed by atoms with van der Waals surface area (Å²) in [6, 6.07) is 20.9. The Kier molecular flexibility index (Phi) is 7.48. The molecular weight excluding hydrogens is 406 g/mol. The van der Waals surface area contributed by atoms with Crippen molar-refractivity contribution in [3.63, 3.8) is 0 Å². The van der Waals surface area contributed by atoms with Gasteiger partial charge in [-0.25, -0.2) is 10.2 Å². The molecule has 3 aromatic rings. The van der Waals surface area contributed by atoms with E-state index in [9.17, 15) is 14.4 Å². The first-order valence-corrected chi connectivity index (χ1v) is 9.97. The zero-order chi connectivity index (χ0) is 22.9. The average Bonchev–Trinajstić information content (AvgIpc) is 2.79. The summed E-state index contributed by atoms with van der Waals surface area (Å²) in [6.45, 7) is 3.58. The van der Waals surface area contributed by atoms with Gasteiger partial charge in [-0.3, -0.25) is 9.59 Å². The second-order valence-corrected chi connectivity index (χ2v) is 7.12. The normalized spacial score (nSPS) is 10.6. The van der Waals surface area contributed by atoms with Crippen molar-refractivity contribution >= 4 is 24.0 Å². The molecule has 7 heteroatoms. The second-order valence-electron chi connectivity index (χ2n) is 7.12. The number of ether oxygens (including phenoxy) is 1. The number of carbonyl (C=O) groups excluding carboxylic acids is 3. The summed E-state index contributed by atoms with van der Waals surface area (Å²) in [5, 5.41) is 6.41. The number of hydrazone groups is 1. The minimum atomic E-state index is -0.453. The van der Waals surface area contributed by atoms with Gasteiger partial charge in [0.05, 0.1) is 18.3 Å². The van der Waals surface area contributed by atoms with E-state index >= 15 is 0 Å². The Balaban J connectivity index is 1.45. The van der Waals surface area contributed by atoms with Gasteiger partial charge in [0, 0.05) is 5.56 Å². The van der Waals surface area contributed by atoms with Crippen molar-refractivity contribution in [1.82, 2.24) is 10.7 Å². The lowest BCUT2D eigenvalue weighted by molar-refractivity contribution is -0.120. The summed E-state index contributed by atoms with van der Waals surface area (Å²) in [5.74, 6) is -0.812. The molecule has 32 heavy (non-hydrogen) atoms. The number of aryl methyl sites for hydroxylation is 2. The molecule has 2 N–H and O–H groups in total. The highest BCUT2D eigenvalue weighted by Gasteiger charge is 2.11. The molecule has 0 spiro atoms. The molecule has 0 unspecified atom stereocenters. The molecule has 0 bridgehead atoms. The SMILES string of the molecule is Cc1ccc(C(=O)NCC(=O)N/N=C\c2ccc(OC(=O)c3ccccc3C)cc2)cc1. The Labute approximate surface area is 186 Å². The fourth-order valence-electron chi connectivity index (χ4n) is 2.77. The van der Waals surface area contributed by atoms with Crippen LogP contribution in [-0.4, -0.2) is 30.5 Å². The van der Waals surface area contributed by atoms with E-state index in [-0.39, 0.29) is 12.5 Å². The van der Waals surface area contributed by atoms with E-state index in [4.69, 9.17) is 4.74 Å². The topological polar surface area (TPSA) is 96.9 Å². The fraction of sp³-hybridized carbons (Fsp3) is 0.120. The number of hydrogen-bond acceptors (Lipinski definition) is 5. The van der Waals surface area contributed by atoms with Gasteiger partial charge in [0.25, 0.3) is 11.8 Å². The van der Waals surface area contributed by atoms with Gasteiger partial charge in [-0.1, -0.05) is 35.9 Å². The van der Waals surface area contributed by atoms with Gasteiger partial charge in [-0.2, -0.15) is 5.10 Å². The second kappa shape index (κ2) is 10.7. The van der Waals surface area contributed by atoms with E-state index in [1.165, 1.54) is 6.21 Å². The maximum Gasteiger partial charge on any atom is 0.343 e. The smallest absolute Gasteiger partial charge is 0.343 e. The maximum atomic E-state index is 12.3.